The maximum atomic E-state index is 12.5. The summed E-state index contributed by atoms with van der Waals surface area (Å²) in [5.74, 6) is 0.166. The van der Waals surface area contributed by atoms with Crippen molar-refractivity contribution in [1.82, 2.24) is 15.1 Å². The van der Waals surface area contributed by atoms with Gasteiger partial charge in [0.25, 0.3) is 0 Å². The highest BCUT2D eigenvalue weighted by Crippen LogP contribution is 2.34. The van der Waals surface area contributed by atoms with Crippen LogP contribution in [0.2, 0.25) is 0 Å². The van der Waals surface area contributed by atoms with Crippen LogP contribution in [0.3, 0.4) is 0 Å². The van der Waals surface area contributed by atoms with Crippen LogP contribution in [0.1, 0.15) is 45.4 Å². The summed E-state index contributed by atoms with van der Waals surface area (Å²) < 4.78 is 5.53. The van der Waals surface area contributed by atoms with Crippen LogP contribution in [0.15, 0.2) is 0 Å². The molecule has 0 aromatic rings. The van der Waals surface area contributed by atoms with E-state index in [4.69, 9.17) is 10.5 Å². The summed E-state index contributed by atoms with van der Waals surface area (Å²) in [6, 6.07) is 0. The predicted molar refractivity (Wildman–Crippen MR) is 99.4 cm³/mol. The normalized spacial score (nSPS) is 31.1. The number of amides is 1. The van der Waals surface area contributed by atoms with Crippen LogP contribution in [0.5, 0.6) is 0 Å². The fourth-order valence-electron chi connectivity index (χ4n) is 4.80. The standard InChI is InChI=1S/C19H36N4O2/c1-18(14-20)7-8-22(16-18)13-17(24)21-15-19(5-3-2-4-6-19)23-9-11-25-12-10-23/h2-16,20H2,1H3,(H,21,24). The minimum Gasteiger partial charge on any atom is -0.379 e. The molecule has 6 nitrogen and oxygen atoms in total. The SMILES string of the molecule is CC1(CN)CCN(CC(=O)NCC2(N3CCOCC3)CCCCC2)C1. The molecule has 1 saturated carbocycles. The first-order valence-corrected chi connectivity index (χ1v) is 10.1. The number of ether oxygens (including phenoxy) is 1. The Morgan fingerprint density at radius 2 is 1.84 bits per heavy atom. The molecular weight excluding hydrogens is 316 g/mol. The lowest BCUT2D eigenvalue weighted by Crippen LogP contribution is -2.60. The van der Waals surface area contributed by atoms with Crippen molar-refractivity contribution in [3.63, 3.8) is 0 Å². The van der Waals surface area contributed by atoms with Crippen molar-refractivity contribution in [2.75, 3.05) is 59.0 Å². The van der Waals surface area contributed by atoms with Gasteiger partial charge in [-0.25, -0.2) is 0 Å². The maximum absolute atomic E-state index is 12.5. The molecule has 25 heavy (non-hydrogen) atoms. The monoisotopic (exact) mass is 352 g/mol. The molecule has 6 heteroatoms. The van der Waals surface area contributed by atoms with Crippen molar-refractivity contribution < 1.29 is 9.53 Å². The second kappa shape index (κ2) is 8.33. The van der Waals surface area contributed by atoms with Crippen LogP contribution >= 0.6 is 0 Å². The van der Waals surface area contributed by atoms with Gasteiger partial charge in [-0.2, -0.15) is 0 Å². The molecular formula is C19H36N4O2. The first-order chi connectivity index (χ1) is 12.1. The van der Waals surface area contributed by atoms with Gasteiger partial charge >= 0.3 is 0 Å². The second-order valence-corrected chi connectivity index (χ2v) is 8.64. The summed E-state index contributed by atoms with van der Waals surface area (Å²) in [6.07, 6.45) is 7.35. The van der Waals surface area contributed by atoms with E-state index >= 15 is 0 Å². The summed E-state index contributed by atoms with van der Waals surface area (Å²) in [6.45, 7) is 9.77. The van der Waals surface area contributed by atoms with Gasteiger partial charge in [0.15, 0.2) is 0 Å². The Morgan fingerprint density at radius 3 is 2.48 bits per heavy atom. The fourth-order valence-corrected chi connectivity index (χ4v) is 4.80. The lowest BCUT2D eigenvalue weighted by Gasteiger charge is -2.48. The van der Waals surface area contributed by atoms with E-state index in [2.05, 4.69) is 22.0 Å². The molecule has 3 fully saturated rings. The highest BCUT2D eigenvalue weighted by atomic mass is 16.5. The molecule has 2 aliphatic heterocycles. The summed E-state index contributed by atoms with van der Waals surface area (Å²) >= 11 is 0. The molecule has 1 amide bonds. The van der Waals surface area contributed by atoms with E-state index in [-0.39, 0.29) is 16.9 Å². The molecule has 144 valence electrons. The van der Waals surface area contributed by atoms with Gasteiger partial charge in [-0.3, -0.25) is 14.6 Å². The number of likely N-dealkylation sites (tertiary alicyclic amines) is 1. The van der Waals surface area contributed by atoms with Crippen LogP contribution in [-0.4, -0.2) is 80.3 Å². The highest BCUT2D eigenvalue weighted by molar-refractivity contribution is 5.78. The third-order valence-electron chi connectivity index (χ3n) is 6.58. The lowest BCUT2D eigenvalue weighted by atomic mass is 9.79. The average molecular weight is 353 g/mol. The Balaban J connectivity index is 1.51. The first kappa shape index (κ1) is 19.1. The topological polar surface area (TPSA) is 70.8 Å². The summed E-state index contributed by atoms with van der Waals surface area (Å²) in [7, 11) is 0. The molecule has 1 unspecified atom stereocenters. The molecule has 0 bridgehead atoms. The molecule has 0 aromatic heterocycles. The number of nitrogens with zero attached hydrogens (tertiary/aromatic N) is 2. The molecule has 0 aromatic carbocycles. The van der Waals surface area contributed by atoms with Crippen molar-refractivity contribution in [2.24, 2.45) is 11.1 Å². The predicted octanol–water partition coefficient (Wildman–Crippen LogP) is 0.808. The Labute approximate surface area is 152 Å². The molecule has 1 atom stereocenters. The molecule has 3 aliphatic rings. The number of nitrogens with one attached hydrogen (secondary N) is 1. The molecule has 3 N–H and O–H groups in total. The Morgan fingerprint density at radius 1 is 1.12 bits per heavy atom. The molecule has 2 heterocycles. The van der Waals surface area contributed by atoms with E-state index < -0.39 is 0 Å². The number of hydrogen-bond donors (Lipinski definition) is 2. The molecule has 3 rings (SSSR count). The number of morpholine rings is 1. The molecule has 0 spiro atoms. The Hall–Kier alpha value is -0.690. The summed E-state index contributed by atoms with van der Waals surface area (Å²) in [5, 5.41) is 3.27. The van der Waals surface area contributed by atoms with E-state index in [1.807, 2.05) is 0 Å². The quantitative estimate of drug-likeness (QED) is 0.740. The Kier molecular flexibility index (Phi) is 6.36. The van der Waals surface area contributed by atoms with Crippen LogP contribution in [0, 0.1) is 5.41 Å². The van der Waals surface area contributed by atoms with Crippen molar-refractivity contribution in [2.45, 2.75) is 51.0 Å². The maximum Gasteiger partial charge on any atom is 0.234 e. The van der Waals surface area contributed by atoms with Gasteiger partial charge in [0, 0.05) is 31.7 Å². The van der Waals surface area contributed by atoms with Gasteiger partial charge in [0.2, 0.25) is 5.91 Å². The molecule has 1 aliphatic carbocycles. The summed E-state index contributed by atoms with van der Waals surface area (Å²) in [5.41, 5.74) is 6.20. The van der Waals surface area contributed by atoms with Crippen LogP contribution < -0.4 is 11.1 Å². The van der Waals surface area contributed by atoms with Gasteiger partial charge in [0.1, 0.15) is 0 Å². The average Bonchev–Trinajstić information content (AvgIpc) is 3.03. The smallest absolute Gasteiger partial charge is 0.234 e. The zero-order valence-electron chi connectivity index (χ0n) is 15.9. The van der Waals surface area contributed by atoms with E-state index in [1.165, 1.54) is 32.1 Å². The van der Waals surface area contributed by atoms with Gasteiger partial charge in [-0.1, -0.05) is 26.2 Å². The zero-order valence-corrected chi connectivity index (χ0v) is 15.9. The largest absolute Gasteiger partial charge is 0.379 e. The fraction of sp³-hybridized carbons (Fsp3) is 0.947. The zero-order chi connectivity index (χ0) is 17.8. The van der Waals surface area contributed by atoms with E-state index in [0.29, 0.717) is 13.1 Å². The van der Waals surface area contributed by atoms with Crippen molar-refractivity contribution in [3.05, 3.63) is 0 Å². The van der Waals surface area contributed by atoms with Crippen LogP contribution in [0.25, 0.3) is 0 Å². The Bertz CT molecular complexity index is 447. The second-order valence-electron chi connectivity index (χ2n) is 8.64. The van der Waals surface area contributed by atoms with Gasteiger partial charge in [-0.15, -0.1) is 0 Å². The van der Waals surface area contributed by atoms with E-state index in [0.717, 1.165) is 52.4 Å². The van der Waals surface area contributed by atoms with Gasteiger partial charge in [-0.05, 0) is 37.8 Å². The van der Waals surface area contributed by atoms with E-state index in [9.17, 15) is 4.79 Å². The number of rotatable bonds is 6. The number of hydrogen-bond acceptors (Lipinski definition) is 5. The number of carbonyl (C=O) groups excluding carboxylic acids is 1. The lowest BCUT2D eigenvalue weighted by molar-refractivity contribution is -0.123. The number of carbonyl (C=O) groups is 1. The van der Waals surface area contributed by atoms with Crippen molar-refractivity contribution in [3.8, 4) is 0 Å². The minimum absolute atomic E-state index is 0.147. The minimum atomic E-state index is 0.147. The van der Waals surface area contributed by atoms with Crippen molar-refractivity contribution in [1.29, 1.82) is 0 Å². The van der Waals surface area contributed by atoms with Crippen LogP contribution in [-0.2, 0) is 9.53 Å². The third-order valence-corrected chi connectivity index (χ3v) is 6.58. The first-order valence-electron chi connectivity index (χ1n) is 10.1. The van der Waals surface area contributed by atoms with Gasteiger partial charge in [0.05, 0.1) is 19.8 Å². The third kappa shape index (κ3) is 4.73. The van der Waals surface area contributed by atoms with Gasteiger partial charge < -0.3 is 15.8 Å². The van der Waals surface area contributed by atoms with E-state index in [1.54, 1.807) is 0 Å². The summed E-state index contributed by atoms with van der Waals surface area (Å²) in [4.78, 5) is 17.4. The molecule has 0 radical (unpaired) electrons. The number of nitrogens with two attached hydrogens (primary N) is 1. The molecule has 2 saturated heterocycles. The van der Waals surface area contributed by atoms with Crippen molar-refractivity contribution >= 4 is 5.91 Å². The highest BCUT2D eigenvalue weighted by Gasteiger charge is 2.39. The van der Waals surface area contributed by atoms with Crippen LogP contribution in [0.4, 0.5) is 0 Å².